The highest BCUT2D eigenvalue weighted by Crippen LogP contribution is 2.42. The maximum absolute atomic E-state index is 13.1. The number of nitro benzene ring substituents is 1. The Morgan fingerprint density at radius 2 is 1.53 bits per heavy atom. The van der Waals surface area contributed by atoms with Crippen molar-refractivity contribution >= 4 is 34.8 Å². The van der Waals surface area contributed by atoms with E-state index in [-0.39, 0.29) is 22.4 Å². The molecule has 1 amide bonds. The van der Waals surface area contributed by atoms with Gasteiger partial charge in [0.1, 0.15) is 5.76 Å². The number of hydrogen-bond donors (Lipinski definition) is 1. The van der Waals surface area contributed by atoms with Crippen molar-refractivity contribution in [2.24, 2.45) is 0 Å². The van der Waals surface area contributed by atoms with Crippen LogP contribution in [0, 0.1) is 10.1 Å². The second kappa shape index (κ2) is 8.99. The fourth-order valence-electron chi connectivity index (χ4n) is 3.82. The summed E-state index contributed by atoms with van der Waals surface area (Å²) in [6, 6.07) is 18.7. The fourth-order valence-corrected chi connectivity index (χ4v) is 3.82. The van der Waals surface area contributed by atoms with E-state index in [1.807, 2.05) is 0 Å². The van der Waals surface area contributed by atoms with Gasteiger partial charge in [-0.3, -0.25) is 24.6 Å². The molecule has 3 aromatic carbocycles. The summed E-state index contributed by atoms with van der Waals surface area (Å²) in [5, 5.41) is 22.0. The van der Waals surface area contributed by atoms with E-state index in [2.05, 4.69) is 0 Å². The highest BCUT2D eigenvalue weighted by atomic mass is 16.6. The van der Waals surface area contributed by atoms with E-state index in [1.165, 1.54) is 60.5 Å². The number of rotatable bonds is 5. The number of carbonyl (C=O) groups excluding carboxylic acids is 3. The lowest BCUT2D eigenvalue weighted by molar-refractivity contribution is -0.384. The number of amides is 1. The van der Waals surface area contributed by atoms with Crippen LogP contribution in [0.1, 0.15) is 27.5 Å². The molecule has 3 aromatic rings. The highest BCUT2D eigenvalue weighted by Gasteiger charge is 2.46. The summed E-state index contributed by atoms with van der Waals surface area (Å²) in [5.74, 6) is -2.76. The normalized spacial score (nSPS) is 17.0. The molecule has 1 aliphatic rings. The molecule has 1 saturated heterocycles. The molecular weight excluding hydrogens is 440 g/mol. The summed E-state index contributed by atoms with van der Waals surface area (Å²) in [6.07, 6.45) is 0. The molecule has 1 N–H and O–H groups in total. The molecule has 170 valence electrons. The molecule has 1 atom stereocenters. The molecule has 0 bridgehead atoms. The van der Waals surface area contributed by atoms with E-state index >= 15 is 0 Å². The first-order valence-electron chi connectivity index (χ1n) is 10.1. The van der Waals surface area contributed by atoms with Gasteiger partial charge in [-0.2, -0.15) is 0 Å². The Bertz CT molecular complexity index is 1310. The zero-order valence-electron chi connectivity index (χ0n) is 17.9. The van der Waals surface area contributed by atoms with Crippen molar-refractivity contribution in [1.29, 1.82) is 0 Å². The maximum Gasteiger partial charge on any atom is 0.337 e. The summed E-state index contributed by atoms with van der Waals surface area (Å²) in [4.78, 5) is 49.6. The number of anilines is 1. The number of non-ortho nitro benzene ring substituents is 1. The molecule has 9 nitrogen and oxygen atoms in total. The van der Waals surface area contributed by atoms with Crippen molar-refractivity contribution < 1.29 is 29.2 Å². The van der Waals surface area contributed by atoms with Crippen molar-refractivity contribution in [3.05, 3.63) is 111 Å². The molecule has 0 saturated carbocycles. The Labute approximate surface area is 193 Å². The van der Waals surface area contributed by atoms with Gasteiger partial charge in [-0.1, -0.05) is 30.3 Å². The summed E-state index contributed by atoms with van der Waals surface area (Å²) >= 11 is 0. The Hall–Kier alpha value is -4.79. The number of aliphatic hydroxyl groups excluding tert-OH is 1. The Morgan fingerprint density at radius 1 is 0.941 bits per heavy atom. The van der Waals surface area contributed by atoms with Gasteiger partial charge in [0, 0.05) is 23.4 Å². The predicted octanol–water partition coefficient (Wildman–Crippen LogP) is 4.01. The molecule has 1 fully saturated rings. The Kier molecular flexibility index (Phi) is 5.92. The van der Waals surface area contributed by atoms with Crippen LogP contribution in [0.5, 0.6) is 0 Å². The third-order valence-corrected chi connectivity index (χ3v) is 5.48. The summed E-state index contributed by atoms with van der Waals surface area (Å²) in [7, 11) is 1.25. The van der Waals surface area contributed by atoms with Crippen LogP contribution >= 0.6 is 0 Å². The van der Waals surface area contributed by atoms with Gasteiger partial charge in [-0.05, 0) is 42.0 Å². The molecule has 0 spiro atoms. The third-order valence-electron chi connectivity index (χ3n) is 5.48. The number of nitrogens with zero attached hydrogens (tertiary/aromatic N) is 2. The van der Waals surface area contributed by atoms with Crippen LogP contribution in [0.4, 0.5) is 11.4 Å². The van der Waals surface area contributed by atoms with Gasteiger partial charge in [0.2, 0.25) is 0 Å². The Balaban J connectivity index is 1.86. The predicted molar refractivity (Wildman–Crippen MR) is 122 cm³/mol. The second-order valence-corrected chi connectivity index (χ2v) is 7.42. The van der Waals surface area contributed by atoms with E-state index in [0.717, 1.165) is 0 Å². The quantitative estimate of drug-likeness (QED) is 0.153. The van der Waals surface area contributed by atoms with Gasteiger partial charge >= 0.3 is 5.97 Å². The van der Waals surface area contributed by atoms with E-state index in [9.17, 15) is 29.6 Å². The number of carbonyl (C=O) groups is 3. The minimum absolute atomic E-state index is 0.151. The number of esters is 1. The van der Waals surface area contributed by atoms with Crippen LogP contribution in [0.25, 0.3) is 5.76 Å². The van der Waals surface area contributed by atoms with Gasteiger partial charge in [0.05, 0.1) is 29.2 Å². The highest BCUT2D eigenvalue weighted by molar-refractivity contribution is 6.51. The van der Waals surface area contributed by atoms with Gasteiger partial charge in [0.15, 0.2) is 0 Å². The van der Waals surface area contributed by atoms with Gasteiger partial charge < -0.3 is 9.84 Å². The van der Waals surface area contributed by atoms with Crippen molar-refractivity contribution in [2.75, 3.05) is 12.0 Å². The number of aliphatic hydroxyl groups is 1. The second-order valence-electron chi connectivity index (χ2n) is 7.42. The molecule has 0 radical (unpaired) electrons. The van der Waals surface area contributed by atoms with Crippen LogP contribution in [0.15, 0.2) is 84.4 Å². The molecule has 4 rings (SSSR count). The lowest BCUT2D eigenvalue weighted by Crippen LogP contribution is -2.29. The van der Waals surface area contributed by atoms with Crippen molar-refractivity contribution in [1.82, 2.24) is 0 Å². The minimum atomic E-state index is -0.958. The van der Waals surface area contributed by atoms with Gasteiger partial charge in [-0.15, -0.1) is 0 Å². The zero-order valence-corrected chi connectivity index (χ0v) is 17.9. The molecule has 1 aliphatic heterocycles. The standard InChI is InChI=1S/C25H18N2O7/c1-34-25(31)17-9-11-18(12-10-17)26-21(15-5-3-2-4-6-15)20(23(29)24(26)30)22(28)16-7-13-19(14-8-16)27(32)33/h2-14,21,28H,1H3/b22-20-. The van der Waals surface area contributed by atoms with Gasteiger partial charge in [0.25, 0.3) is 17.4 Å². The number of ether oxygens (including phenoxy) is 1. The topological polar surface area (TPSA) is 127 Å². The maximum atomic E-state index is 13.1. The average Bonchev–Trinajstić information content (AvgIpc) is 3.14. The number of nitro groups is 1. The summed E-state index contributed by atoms with van der Waals surface area (Å²) < 4.78 is 4.69. The minimum Gasteiger partial charge on any atom is -0.507 e. The van der Waals surface area contributed by atoms with E-state index in [1.54, 1.807) is 30.3 Å². The van der Waals surface area contributed by atoms with Crippen molar-refractivity contribution in [2.45, 2.75) is 6.04 Å². The third kappa shape index (κ3) is 3.90. The number of methoxy groups -OCH3 is 1. The van der Waals surface area contributed by atoms with Crippen molar-refractivity contribution in [3.8, 4) is 0 Å². The summed E-state index contributed by atoms with van der Waals surface area (Å²) in [5.41, 5.74) is 1.01. The number of hydrogen-bond acceptors (Lipinski definition) is 7. The molecule has 0 aromatic heterocycles. The van der Waals surface area contributed by atoms with E-state index < -0.39 is 34.4 Å². The summed E-state index contributed by atoms with van der Waals surface area (Å²) in [6.45, 7) is 0. The smallest absolute Gasteiger partial charge is 0.337 e. The largest absolute Gasteiger partial charge is 0.507 e. The molecule has 34 heavy (non-hydrogen) atoms. The van der Waals surface area contributed by atoms with E-state index in [0.29, 0.717) is 11.3 Å². The number of ketones is 1. The van der Waals surface area contributed by atoms with Gasteiger partial charge in [-0.25, -0.2) is 4.79 Å². The van der Waals surface area contributed by atoms with Crippen LogP contribution in [-0.2, 0) is 14.3 Å². The first-order valence-corrected chi connectivity index (χ1v) is 10.1. The van der Waals surface area contributed by atoms with Crippen molar-refractivity contribution in [3.63, 3.8) is 0 Å². The molecule has 1 unspecified atom stereocenters. The SMILES string of the molecule is COC(=O)c1ccc(N2C(=O)C(=O)/C(=C(\O)c3ccc([N+](=O)[O-])cc3)C2c2ccccc2)cc1. The molecule has 9 heteroatoms. The first-order chi connectivity index (χ1) is 16.3. The first kappa shape index (κ1) is 22.4. The molecule has 1 heterocycles. The fraction of sp³-hybridized carbons (Fsp3) is 0.0800. The Morgan fingerprint density at radius 3 is 2.09 bits per heavy atom. The van der Waals surface area contributed by atoms with Crippen LogP contribution in [0.3, 0.4) is 0 Å². The van der Waals surface area contributed by atoms with Crippen LogP contribution in [-0.4, -0.2) is 34.8 Å². The molecule has 0 aliphatic carbocycles. The van der Waals surface area contributed by atoms with E-state index in [4.69, 9.17) is 4.74 Å². The lowest BCUT2D eigenvalue weighted by atomic mass is 9.95. The average molecular weight is 458 g/mol. The van der Waals surface area contributed by atoms with Crippen LogP contribution < -0.4 is 4.90 Å². The molecular formula is C25H18N2O7. The number of Topliss-reactive ketones (excluding diaryl/α,β-unsaturated/α-hetero) is 1. The lowest BCUT2D eigenvalue weighted by Gasteiger charge is -2.25. The monoisotopic (exact) mass is 458 g/mol. The number of benzene rings is 3. The zero-order chi connectivity index (χ0) is 24.4. The van der Waals surface area contributed by atoms with Crippen LogP contribution in [0.2, 0.25) is 0 Å².